The van der Waals surface area contributed by atoms with Gasteiger partial charge >= 0.3 is 0 Å². The minimum absolute atomic E-state index is 0.0842. The van der Waals surface area contributed by atoms with Crippen molar-refractivity contribution < 1.29 is 23.0 Å². The highest BCUT2D eigenvalue weighted by Crippen LogP contribution is 2.43. The molecule has 0 spiro atoms. The summed E-state index contributed by atoms with van der Waals surface area (Å²) in [6, 6.07) is 15.0. The second-order valence-corrected chi connectivity index (χ2v) is 9.65. The van der Waals surface area contributed by atoms with Crippen LogP contribution in [0, 0.1) is 6.92 Å². The molecule has 2 atom stereocenters. The molecule has 1 aliphatic rings. The Hall–Kier alpha value is -2.45. The first kappa shape index (κ1) is 20.8. The monoisotopic (exact) mass is 427 g/mol. The van der Waals surface area contributed by atoms with Crippen molar-refractivity contribution in [1.82, 2.24) is 4.31 Å². The van der Waals surface area contributed by atoms with Crippen LogP contribution in [0.4, 0.5) is 0 Å². The zero-order valence-corrected chi connectivity index (χ0v) is 17.6. The number of furan rings is 1. The van der Waals surface area contributed by atoms with Gasteiger partial charge in [-0.3, -0.25) is 0 Å². The number of aryl methyl sites for hydroxylation is 1. The number of hydrogen-bond donors (Lipinski definition) is 2. The van der Waals surface area contributed by atoms with Crippen molar-refractivity contribution in [2.24, 2.45) is 0 Å². The summed E-state index contributed by atoms with van der Waals surface area (Å²) in [5, 5.41) is 22.1. The maximum absolute atomic E-state index is 13.3. The van der Waals surface area contributed by atoms with Crippen LogP contribution in [0.3, 0.4) is 0 Å². The van der Waals surface area contributed by atoms with Crippen LogP contribution >= 0.6 is 0 Å². The van der Waals surface area contributed by atoms with Gasteiger partial charge in [-0.2, -0.15) is 4.31 Å². The topological polar surface area (TPSA) is 91.0 Å². The lowest BCUT2D eigenvalue weighted by atomic mass is 9.84. The van der Waals surface area contributed by atoms with Crippen molar-refractivity contribution in [3.8, 4) is 0 Å². The molecule has 4 rings (SSSR count). The molecule has 7 heteroatoms. The third-order valence-corrected chi connectivity index (χ3v) is 7.81. The van der Waals surface area contributed by atoms with Crippen LogP contribution in [0.25, 0.3) is 16.5 Å². The van der Waals surface area contributed by atoms with E-state index in [-0.39, 0.29) is 30.9 Å². The lowest BCUT2D eigenvalue weighted by Gasteiger charge is -2.34. The number of aliphatic hydroxyl groups excluding tert-OH is 1. The first-order valence-electron chi connectivity index (χ1n) is 9.87. The second kappa shape index (κ2) is 7.67. The van der Waals surface area contributed by atoms with E-state index in [9.17, 15) is 18.6 Å². The SMILES string of the molecule is C=C(c1cc2ccccc2o1)[C@@]1(O)CCN(S(=O)(=O)c2ccc(C)cc2)[C@@H]1CCO. The second-order valence-electron chi connectivity index (χ2n) is 7.76. The van der Waals surface area contributed by atoms with Crippen LogP contribution in [0.2, 0.25) is 0 Å². The summed E-state index contributed by atoms with van der Waals surface area (Å²) in [5.41, 5.74) is 0.392. The van der Waals surface area contributed by atoms with Gasteiger partial charge in [0.15, 0.2) is 0 Å². The molecule has 0 unspecified atom stereocenters. The van der Waals surface area contributed by atoms with Gasteiger partial charge in [0.05, 0.1) is 10.9 Å². The first-order valence-corrected chi connectivity index (χ1v) is 11.3. The molecule has 2 heterocycles. The Morgan fingerprint density at radius 2 is 1.93 bits per heavy atom. The van der Waals surface area contributed by atoms with E-state index in [1.165, 1.54) is 4.31 Å². The predicted molar refractivity (Wildman–Crippen MR) is 115 cm³/mol. The summed E-state index contributed by atoms with van der Waals surface area (Å²) < 4.78 is 33.7. The van der Waals surface area contributed by atoms with Gasteiger partial charge < -0.3 is 14.6 Å². The predicted octanol–water partition coefficient (Wildman–Crippen LogP) is 3.33. The molecule has 1 aliphatic heterocycles. The number of para-hydroxylation sites is 1. The molecule has 1 fully saturated rings. The van der Waals surface area contributed by atoms with Gasteiger partial charge in [0.2, 0.25) is 10.0 Å². The number of rotatable bonds is 6. The number of fused-ring (bicyclic) bond motifs is 1. The van der Waals surface area contributed by atoms with E-state index in [0.717, 1.165) is 10.9 Å². The molecular formula is C23H25NO5S. The molecule has 0 aliphatic carbocycles. The Morgan fingerprint density at radius 1 is 1.23 bits per heavy atom. The fraction of sp³-hybridized carbons (Fsp3) is 0.304. The molecule has 30 heavy (non-hydrogen) atoms. The van der Waals surface area contributed by atoms with Crippen LogP contribution in [-0.2, 0) is 10.0 Å². The molecule has 0 saturated carbocycles. The Bertz CT molecular complexity index is 1150. The number of hydrogen-bond acceptors (Lipinski definition) is 5. The molecule has 1 aromatic heterocycles. The average Bonchev–Trinajstić information content (AvgIpc) is 3.31. The highest BCUT2D eigenvalue weighted by Gasteiger charge is 2.52. The maximum Gasteiger partial charge on any atom is 0.243 e. The lowest BCUT2D eigenvalue weighted by molar-refractivity contribution is 0.0604. The molecule has 3 aromatic rings. The van der Waals surface area contributed by atoms with Gasteiger partial charge in [-0.25, -0.2) is 8.42 Å². The quantitative estimate of drug-likeness (QED) is 0.630. The first-order chi connectivity index (χ1) is 14.3. The van der Waals surface area contributed by atoms with E-state index in [4.69, 9.17) is 4.42 Å². The Labute approximate surface area is 176 Å². The Morgan fingerprint density at radius 3 is 2.60 bits per heavy atom. The van der Waals surface area contributed by atoms with E-state index in [2.05, 4.69) is 6.58 Å². The van der Waals surface area contributed by atoms with Crippen LogP contribution in [0.1, 0.15) is 24.2 Å². The largest absolute Gasteiger partial charge is 0.456 e. The standard InChI is InChI=1S/C23H25NO5S/c1-16-7-9-19(10-8-16)30(27,28)24-13-12-23(26,22(24)11-14-25)17(2)21-15-18-5-3-4-6-20(18)29-21/h3-10,15,22,25-26H,2,11-14H2,1H3/t22-,23+/m1/s1. The summed E-state index contributed by atoms with van der Waals surface area (Å²) in [6.45, 7) is 5.80. The van der Waals surface area contributed by atoms with Gasteiger partial charge in [-0.05, 0) is 44.0 Å². The summed E-state index contributed by atoms with van der Waals surface area (Å²) in [5.74, 6) is 0.413. The zero-order chi connectivity index (χ0) is 21.5. The molecule has 158 valence electrons. The highest BCUT2D eigenvalue weighted by atomic mass is 32.2. The van der Waals surface area contributed by atoms with E-state index < -0.39 is 21.7 Å². The number of sulfonamides is 1. The molecule has 0 bridgehead atoms. The summed E-state index contributed by atoms with van der Waals surface area (Å²) in [7, 11) is -3.85. The van der Waals surface area contributed by atoms with Gasteiger partial charge in [-0.1, -0.05) is 42.5 Å². The van der Waals surface area contributed by atoms with E-state index in [0.29, 0.717) is 16.9 Å². The summed E-state index contributed by atoms with van der Waals surface area (Å²) in [4.78, 5) is 0.162. The fourth-order valence-corrected chi connectivity index (χ4v) is 5.87. The van der Waals surface area contributed by atoms with E-state index in [1.54, 1.807) is 30.3 Å². The molecular weight excluding hydrogens is 402 g/mol. The Kier molecular flexibility index (Phi) is 5.32. The van der Waals surface area contributed by atoms with Crippen molar-refractivity contribution in [2.75, 3.05) is 13.2 Å². The normalized spacial score (nSPS) is 22.6. The minimum Gasteiger partial charge on any atom is -0.456 e. The molecule has 2 aromatic carbocycles. The smallest absolute Gasteiger partial charge is 0.243 e. The van der Waals surface area contributed by atoms with Gasteiger partial charge in [0.25, 0.3) is 0 Å². The van der Waals surface area contributed by atoms with Crippen molar-refractivity contribution >= 4 is 26.6 Å². The molecule has 6 nitrogen and oxygen atoms in total. The molecule has 0 radical (unpaired) electrons. The molecule has 0 amide bonds. The van der Waals surface area contributed by atoms with Crippen LogP contribution in [0.5, 0.6) is 0 Å². The number of benzene rings is 2. The minimum atomic E-state index is -3.85. The summed E-state index contributed by atoms with van der Waals surface area (Å²) in [6.07, 6.45) is 0.249. The number of aliphatic hydroxyl groups is 2. The van der Waals surface area contributed by atoms with Crippen LogP contribution in [-0.4, -0.2) is 47.7 Å². The van der Waals surface area contributed by atoms with E-state index in [1.807, 2.05) is 31.2 Å². The van der Waals surface area contributed by atoms with Gasteiger partial charge in [0, 0.05) is 24.1 Å². The average molecular weight is 428 g/mol. The third kappa shape index (κ3) is 3.37. The van der Waals surface area contributed by atoms with Crippen molar-refractivity contribution in [2.45, 2.75) is 36.3 Å². The van der Waals surface area contributed by atoms with Crippen LogP contribution in [0.15, 0.2) is 70.5 Å². The van der Waals surface area contributed by atoms with Crippen molar-refractivity contribution in [3.63, 3.8) is 0 Å². The zero-order valence-electron chi connectivity index (χ0n) is 16.8. The Balaban J connectivity index is 1.71. The van der Waals surface area contributed by atoms with Crippen molar-refractivity contribution in [1.29, 1.82) is 0 Å². The summed E-state index contributed by atoms with van der Waals surface area (Å²) >= 11 is 0. The van der Waals surface area contributed by atoms with Crippen molar-refractivity contribution in [3.05, 3.63) is 72.5 Å². The maximum atomic E-state index is 13.3. The van der Waals surface area contributed by atoms with E-state index >= 15 is 0 Å². The fourth-order valence-electron chi connectivity index (χ4n) is 4.18. The number of nitrogens with zero attached hydrogens (tertiary/aromatic N) is 1. The molecule has 1 saturated heterocycles. The van der Waals surface area contributed by atoms with Gasteiger partial charge in [0.1, 0.15) is 16.9 Å². The molecule has 2 N–H and O–H groups in total. The van der Waals surface area contributed by atoms with Gasteiger partial charge in [-0.15, -0.1) is 0 Å². The van der Waals surface area contributed by atoms with Crippen LogP contribution < -0.4 is 0 Å². The highest BCUT2D eigenvalue weighted by molar-refractivity contribution is 7.89. The third-order valence-electron chi connectivity index (χ3n) is 5.89. The lowest BCUT2D eigenvalue weighted by Crippen LogP contribution is -2.47.